The number of sulfonamides is 1. The molecule has 0 radical (unpaired) electrons. The number of benzene rings is 3. The van der Waals surface area contributed by atoms with Gasteiger partial charge < -0.3 is 15.3 Å². The zero-order valence-electron chi connectivity index (χ0n) is 24.7. The van der Waals surface area contributed by atoms with Gasteiger partial charge in [0.05, 0.1) is 10.8 Å². The van der Waals surface area contributed by atoms with E-state index in [1.165, 1.54) is 19.1 Å². The Morgan fingerprint density at radius 3 is 2.27 bits per heavy atom. The Kier molecular flexibility index (Phi) is 13.3. The molecule has 0 saturated heterocycles. The molecule has 12 heteroatoms. The lowest BCUT2D eigenvalue weighted by molar-refractivity contribution is -0.132. The number of hydrogen-bond acceptors (Lipinski definition) is 7. The van der Waals surface area contributed by atoms with E-state index in [0.717, 1.165) is 11.1 Å². The fraction of sp³-hybridized carbons (Fsp3) is 0.344. The Labute approximate surface area is 269 Å². The van der Waals surface area contributed by atoms with Crippen molar-refractivity contribution in [2.75, 3.05) is 18.8 Å². The van der Waals surface area contributed by atoms with Crippen LogP contribution in [0.5, 0.6) is 0 Å². The minimum atomic E-state index is -4.30. The van der Waals surface area contributed by atoms with E-state index in [0.29, 0.717) is 37.1 Å². The number of amides is 3. The van der Waals surface area contributed by atoms with Crippen LogP contribution < -0.4 is 10.0 Å². The van der Waals surface area contributed by atoms with Crippen molar-refractivity contribution < 1.29 is 27.9 Å². The van der Waals surface area contributed by atoms with Crippen LogP contribution >= 0.6 is 24.2 Å². The van der Waals surface area contributed by atoms with Crippen molar-refractivity contribution in [1.82, 2.24) is 14.9 Å². The van der Waals surface area contributed by atoms with E-state index in [1.54, 1.807) is 35.2 Å². The summed E-state index contributed by atoms with van der Waals surface area (Å²) in [7, 11) is -4.30. The van der Waals surface area contributed by atoms with Crippen molar-refractivity contribution >= 4 is 52.0 Å². The molecule has 3 aromatic rings. The molecule has 3 N–H and O–H groups in total. The number of nitrogens with one attached hydrogen (secondary N) is 2. The smallest absolute Gasteiger partial charge is 0.264 e. The number of aliphatic hydroxyl groups is 1. The fourth-order valence-corrected chi connectivity index (χ4v) is 6.42. The Hall–Kier alpha value is -3.38. The van der Waals surface area contributed by atoms with Gasteiger partial charge in [0.1, 0.15) is 6.10 Å². The molecule has 0 aliphatic carbocycles. The molecule has 0 unspecified atom stereocenters. The molecule has 44 heavy (non-hydrogen) atoms. The van der Waals surface area contributed by atoms with E-state index in [4.69, 9.17) is 11.6 Å². The molecule has 0 aliphatic rings. The SMILES string of the molecule is CCCC(=O)N(CCNC(=O)[C@@H](CS)Cc1ccccc1)Cc1ccc(-c2ccccc2S(=O)(=O)NC(=O)[C@H](C)O)c(Cl)c1. The number of rotatable bonds is 15. The number of carbonyl (C=O) groups excluding carboxylic acids is 3. The molecule has 3 rings (SSSR count). The quantitative estimate of drug-likeness (QED) is 0.181. The molecule has 0 fully saturated rings. The first kappa shape index (κ1) is 35.1. The third kappa shape index (κ3) is 9.82. The van der Waals surface area contributed by atoms with Gasteiger partial charge >= 0.3 is 0 Å². The van der Waals surface area contributed by atoms with E-state index < -0.39 is 22.0 Å². The van der Waals surface area contributed by atoms with Crippen LogP contribution in [0, 0.1) is 5.92 Å². The Bertz CT molecular complexity index is 1550. The monoisotopic (exact) mass is 659 g/mol. The van der Waals surface area contributed by atoms with Gasteiger partial charge in [-0.15, -0.1) is 0 Å². The summed E-state index contributed by atoms with van der Waals surface area (Å²) in [6, 6.07) is 20.9. The highest BCUT2D eigenvalue weighted by molar-refractivity contribution is 7.90. The molecule has 0 heterocycles. The minimum Gasteiger partial charge on any atom is -0.384 e. The highest BCUT2D eigenvalue weighted by atomic mass is 35.5. The topological polar surface area (TPSA) is 133 Å². The van der Waals surface area contributed by atoms with Crippen LogP contribution in [-0.4, -0.2) is 61.1 Å². The van der Waals surface area contributed by atoms with Crippen molar-refractivity contribution in [2.24, 2.45) is 5.92 Å². The van der Waals surface area contributed by atoms with Crippen LogP contribution in [0.25, 0.3) is 11.1 Å². The first-order chi connectivity index (χ1) is 21.0. The van der Waals surface area contributed by atoms with Gasteiger partial charge in [-0.05, 0) is 43.0 Å². The van der Waals surface area contributed by atoms with Crippen LogP contribution in [0.3, 0.4) is 0 Å². The van der Waals surface area contributed by atoms with E-state index in [-0.39, 0.29) is 46.3 Å². The summed E-state index contributed by atoms with van der Waals surface area (Å²) in [5, 5.41) is 12.6. The summed E-state index contributed by atoms with van der Waals surface area (Å²) in [4.78, 5) is 39.2. The van der Waals surface area contributed by atoms with Crippen molar-refractivity contribution in [3.63, 3.8) is 0 Å². The van der Waals surface area contributed by atoms with Crippen LogP contribution in [0.15, 0.2) is 77.7 Å². The zero-order valence-corrected chi connectivity index (χ0v) is 27.2. The molecule has 0 aromatic heterocycles. The Morgan fingerprint density at radius 2 is 1.64 bits per heavy atom. The van der Waals surface area contributed by atoms with Crippen molar-refractivity contribution in [3.05, 3.63) is 88.9 Å². The van der Waals surface area contributed by atoms with Crippen molar-refractivity contribution in [1.29, 1.82) is 0 Å². The van der Waals surface area contributed by atoms with Crippen molar-refractivity contribution in [2.45, 2.75) is 50.7 Å². The minimum absolute atomic E-state index is 0.0673. The number of aliphatic hydroxyl groups excluding tert-OH is 1. The summed E-state index contributed by atoms with van der Waals surface area (Å²) < 4.78 is 27.8. The number of halogens is 1. The van der Waals surface area contributed by atoms with Gasteiger partial charge in [0, 0.05) is 48.0 Å². The summed E-state index contributed by atoms with van der Waals surface area (Å²) in [5.41, 5.74) is 2.45. The maximum Gasteiger partial charge on any atom is 0.264 e. The first-order valence-electron chi connectivity index (χ1n) is 14.3. The molecule has 0 spiro atoms. The highest BCUT2D eigenvalue weighted by Gasteiger charge is 2.25. The molecule has 3 aromatic carbocycles. The van der Waals surface area contributed by atoms with Gasteiger partial charge in [-0.25, -0.2) is 13.1 Å². The second-order valence-electron chi connectivity index (χ2n) is 10.4. The molecular weight excluding hydrogens is 622 g/mol. The third-order valence-electron chi connectivity index (χ3n) is 6.90. The average Bonchev–Trinajstić information content (AvgIpc) is 2.99. The maximum atomic E-state index is 13.0. The largest absolute Gasteiger partial charge is 0.384 e. The van der Waals surface area contributed by atoms with Gasteiger partial charge in [-0.1, -0.05) is 79.2 Å². The van der Waals surface area contributed by atoms with E-state index in [9.17, 15) is 27.9 Å². The highest BCUT2D eigenvalue weighted by Crippen LogP contribution is 2.33. The average molecular weight is 660 g/mol. The summed E-state index contributed by atoms with van der Waals surface area (Å²) in [6.07, 6.45) is 0.0647. The Balaban J connectivity index is 1.74. The molecule has 9 nitrogen and oxygen atoms in total. The van der Waals surface area contributed by atoms with Gasteiger partial charge in [0.2, 0.25) is 11.8 Å². The van der Waals surface area contributed by atoms with E-state index in [2.05, 4.69) is 17.9 Å². The van der Waals surface area contributed by atoms with Crippen molar-refractivity contribution in [3.8, 4) is 11.1 Å². The maximum absolute atomic E-state index is 13.0. The molecule has 0 saturated carbocycles. The zero-order chi connectivity index (χ0) is 32.3. The second-order valence-corrected chi connectivity index (χ2v) is 12.8. The van der Waals surface area contributed by atoms with Crippen LogP contribution in [0.4, 0.5) is 0 Å². The molecule has 236 valence electrons. The standard InChI is InChI=1S/C32H38ClN3O6S2/c1-3-9-30(38)36(17-16-34-32(40)25(21-43)18-23-10-5-4-6-11-23)20-24-14-15-26(28(33)19-24)27-12-7-8-13-29(27)44(41,42)35-31(39)22(2)37/h4-8,10-15,19,22,25,37,43H,3,9,16-18,20-21H2,1-2H3,(H,34,40)(H,35,39)/t22-,25+/m0/s1. The number of nitrogens with zero attached hydrogens (tertiary/aromatic N) is 1. The predicted octanol–water partition coefficient (Wildman–Crippen LogP) is 4.23. The lowest BCUT2D eigenvalue weighted by Crippen LogP contribution is -2.40. The first-order valence-corrected chi connectivity index (χ1v) is 16.8. The van der Waals surface area contributed by atoms with Gasteiger partial charge in [0.25, 0.3) is 15.9 Å². The molecule has 0 bridgehead atoms. The second kappa shape index (κ2) is 16.6. The number of carbonyl (C=O) groups is 3. The molecule has 0 aliphatic heterocycles. The number of hydrogen-bond donors (Lipinski definition) is 4. The number of thiol groups is 1. The third-order valence-corrected chi connectivity index (χ3v) is 9.06. The van der Waals surface area contributed by atoms with Gasteiger partial charge in [-0.2, -0.15) is 12.6 Å². The van der Waals surface area contributed by atoms with Gasteiger partial charge in [-0.3, -0.25) is 14.4 Å². The molecular formula is C32H38ClN3O6S2. The lowest BCUT2D eigenvalue weighted by Gasteiger charge is -2.24. The lowest BCUT2D eigenvalue weighted by atomic mass is 10.0. The molecule has 3 amide bonds. The van der Waals surface area contributed by atoms with Crippen LogP contribution in [0.1, 0.15) is 37.8 Å². The van der Waals surface area contributed by atoms with Crippen LogP contribution in [-0.2, 0) is 37.4 Å². The summed E-state index contributed by atoms with van der Waals surface area (Å²) >= 11 is 11.0. The molecule has 2 atom stereocenters. The predicted molar refractivity (Wildman–Crippen MR) is 175 cm³/mol. The van der Waals surface area contributed by atoms with Crippen LogP contribution in [0.2, 0.25) is 5.02 Å². The Morgan fingerprint density at radius 1 is 0.955 bits per heavy atom. The summed E-state index contributed by atoms with van der Waals surface area (Å²) in [5.74, 6) is -1.16. The fourth-order valence-electron chi connectivity index (χ4n) is 4.55. The van der Waals surface area contributed by atoms with E-state index in [1.807, 2.05) is 42.0 Å². The van der Waals surface area contributed by atoms with Gasteiger partial charge in [0.15, 0.2) is 0 Å². The normalized spacial score (nSPS) is 12.7. The van der Waals surface area contributed by atoms with E-state index >= 15 is 0 Å². The summed E-state index contributed by atoms with van der Waals surface area (Å²) in [6.45, 7) is 3.87.